The molecule has 1 rings (SSSR count). The van der Waals surface area contributed by atoms with Crippen LogP contribution < -0.4 is 10.6 Å². The molecule has 0 radical (unpaired) electrons. The monoisotopic (exact) mass is 316 g/mol. The van der Waals surface area contributed by atoms with Crippen LogP contribution in [0, 0.1) is 5.41 Å². The molecule has 0 saturated carbocycles. The molecular formula is C14H18Cl2N2O2. The summed E-state index contributed by atoms with van der Waals surface area (Å²) in [5.74, 6) is -0.137. The molecule has 0 atom stereocenters. The van der Waals surface area contributed by atoms with E-state index < -0.39 is 5.41 Å². The van der Waals surface area contributed by atoms with E-state index in [4.69, 9.17) is 23.2 Å². The highest BCUT2D eigenvalue weighted by Crippen LogP contribution is 2.28. The van der Waals surface area contributed by atoms with Crippen LogP contribution in [0.1, 0.15) is 27.2 Å². The van der Waals surface area contributed by atoms with Gasteiger partial charge in [-0.2, -0.15) is 0 Å². The Morgan fingerprint density at radius 1 is 1.25 bits per heavy atom. The van der Waals surface area contributed by atoms with E-state index >= 15 is 0 Å². The van der Waals surface area contributed by atoms with Crippen LogP contribution in [-0.2, 0) is 9.59 Å². The number of amides is 2. The second-order valence-corrected chi connectivity index (χ2v) is 5.74. The summed E-state index contributed by atoms with van der Waals surface area (Å²) in [7, 11) is 0. The molecule has 0 bridgehead atoms. The summed E-state index contributed by atoms with van der Waals surface area (Å²) in [6.07, 6.45) is 0.379. The van der Waals surface area contributed by atoms with Crippen LogP contribution in [0.25, 0.3) is 0 Å². The number of benzene rings is 1. The molecule has 110 valence electrons. The van der Waals surface area contributed by atoms with Gasteiger partial charge in [-0.25, -0.2) is 0 Å². The van der Waals surface area contributed by atoms with Crippen LogP contribution in [0.2, 0.25) is 5.02 Å². The fraction of sp³-hybridized carbons (Fsp3) is 0.429. The second kappa shape index (κ2) is 6.95. The van der Waals surface area contributed by atoms with Gasteiger partial charge in [-0.3, -0.25) is 9.59 Å². The third kappa shape index (κ3) is 4.39. The first-order valence-corrected chi connectivity index (χ1v) is 7.18. The Morgan fingerprint density at radius 3 is 2.45 bits per heavy atom. The average molecular weight is 317 g/mol. The molecule has 0 aliphatic heterocycles. The topological polar surface area (TPSA) is 58.2 Å². The molecule has 1 aromatic carbocycles. The molecule has 0 fully saturated rings. The van der Waals surface area contributed by atoms with Gasteiger partial charge in [0.15, 0.2) is 0 Å². The number of anilines is 2. The maximum atomic E-state index is 12.1. The molecule has 0 aliphatic carbocycles. The standard InChI is InChI=1S/C14H18Cl2N2O2/c1-4-12(19)17-9-5-6-10(16)11(7-9)18-13(20)14(2,3)8-15/h5-7H,4,8H2,1-3H3,(H,17,19)(H,18,20). The number of nitrogens with one attached hydrogen (secondary N) is 2. The van der Waals surface area contributed by atoms with Gasteiger partial charge in [-0.1, -0.05) is 18.5 Å². The quantitative estimate of drug-likeness (QED) is 0.809. The van der Waals surface area contributed by atoms with Crippen molar-refractivity contribution in [3.63, 3.8) is 0 Å². The molecule has 0 unspecified atom stereocenters. The molecule has 0 aliphatic rings. The number of hydrogen-bond acceptors (Lipinski definition) is 2. The summed E-state index contributed by atoms with van der Waals surface area (Å²) in [6.45, 7) is 5.24. The third-order valence-corrected chi connectivity index (χ3v) is 3.77. The van der Waals surface area contributed by atoms with Crippen LogP contribution in [0.4, 0.5) is 11.4 Å². The van der Waals surface area contributed by atoms with Crippen molar-refractivity contribution in [2.75, 3.05) is 16.5 Å². The van der Waals surface area contributed by atoms with Gasteiger partial charge in [0.1, 0.15) is 0 Å². The Bertz CT molecular complexity index is 516. The molecule has 4 nitrogen and oxygen atoms in total. The summed E-state index contributed by atoms with van der Waals surface area (Å²) in [6, 6.07) is 4.92. The zero-order valence-electron chi connectivity index (χ0n) is 11.7. The van der Waals surface area contributed by atoms with Crippen LogP contribution in [0.3, 0.4) is 0 Å². The van der Waals surface area contributed by atoms with E-state index in [1.54, 1.807) is 39.0 Å². The van der Waals surface area contributed by atoms with Crippen molar-refractivity contribution in [2.45, 2.75) is 27.2 Å². The van der Waals surface area contributed by atoms with E-state index in [0.717, 1.165) is 0 Å². The van der Waals surface area contributed by atoms with E-state index in [1.807, 2.05) is 0 Å². The van der Waals surface area contributed by atoms with E-state index in [0.29, 0.717) is 22.8 Å². The van der Waals surface area contributed by atoms with Crippen molar-refractivity contribution < 1.29 is 9.59 Å². The molecule has 0 spiro atoms. The number of carbonyl (C=O) groups is 2. The smallest absolute Gasteiger partial charge is 0.231 e. The predicted octanol–water partition coefficient (Wildman–Crippen LogP) is 3.89. The van der Waals surface area contributed by atoms with Crippen molar-refractivity contribution in [1.82, 2.24) is 0 Å². The lowest BCUT2D eigenvalue weighted by Gasteiger charge is -2.21. The molecule has 0 aromatic heterocycles. The highest BCUT2D eigenvalue weighted by Gasteiger charge is 2.27. The minimum absolute atomic E-state index is 0.106. The Balaban J connectivity index is 2.92. The zero-order valence-corrected chi connectivity index (χ0v) is 13.2. The van der Waals surface area contributed by atoms with E-state index in [9.17, 15) is 9.59 Å². The average Bonchev–Trinajstić information content (AvgIpc) is 2.42. The molecule has 6 heteroatoms. The van der Waals surface area contributed by atoms with Gasteiger partial charge in [0.2, 0.25) is 11.8 Å². The van der Waals surface area contributed by atoms with Crippen molar-refractivity contribution in [3.05, 3.63) is 23.2 Å². The summed E-state index contributed by atoms with van der Waals surface area (Å²) in [5.41, 5.74) is 0.331. The van der Waals surface area contributed by atoms with Crippen LogP contribution in [0.15, 0.2) is 18.2 Å². The van der Waals surface area contributed by atoms with Gasteiger partial charge in [-0.05, 0) is 32.0 Å². The minimum Gasteiger partial charge on any atom is -0.326 e. The number of carbonyl (C=O) groups excluding carboxylic acids is 2. The van der Waals surface area contributed by atoms with E-state index in [-0.39, 0.29) is 17.7 Å². The van der Waals surface area contributed by atoms with Crippen molar-refractivity contribution in [1.29, 1.82) is 0 Å². The highest BCUT2D eigenvalue weighted by atomic mass is 35.5. The number of hydrogen-bond donors (Lipinski definition) is 2. The van der Waals surface area contributed by atoms with Crippen molar-refractivity contribution in [2.24, 2.45) is 5.41 Å². The third-order valence-electron chi connectivity index (χ3n) is 2.77. The summed E-state index contributed by atoms with van der Waals surface area (Å²) >= 11 is 11.8. The lowest BCUT2D eigenvalue weighted by molar-refractivity contribution is -0.123. The van der Waals surface area contributed by atoms with Gasteiger partial charge < -0.3 is 10.6 Å². The van der Waals surface area contributed by atoms with Crippen LogP contribution >= 0.6 is 23.2 Å². The SMILES string of the molecule is CCC(=O)Nc1ccc(Cl)c(NC(=O)C(C)(C)CCl)c1. The van der Waals surface area contributed by atoms with Crippen LogP contribution in [0.5, 0.6) is 0 Å². The Labute approximate surface area is 128 Å². The first-order valence-electron chi connectivity index (χ1n) is 6.27. The molecule has 1 aromatic rings. The van der Waals surface area contributed by atoms with Gasteiger partial charge in [0.25, 0.3) is 0 Å². The second-order valence-electron chi connectivity index (χ2n) is 5.07. The Kier molecular flexibility index (Phi) is 5.84. The molecule has 20 heavy (non-hydrogen) atoms. The van der Waals surface area contributed by atoms with Gasteiger partial charge in [0, 0.05) is 18.0 Å². The van der Waals surface area contributed by atoms with E-state index in [2.05, 4.69) is 10.6 Å². The largest absolute Gasteiger partial charge is 0.326 e. The van der Waals surface area contributed by atoms with Crippen molar-refractivity contribution in [3.8, 4) is 0 Å². The fourth-order valence-corrected chi connectivity index (χ4v) is 1.59. The van der Waals surface area contributed by atoms with E-state index in [1.165, 1.54) is 0 Å². The summed E-state index contributed by atoms with van der Waals surface area (Å²) < 4.78 is 0. The first kappa shape index (κ1) is 16.8. The van der Waals surface area contributed by atoms with Crippen LogP contribution in [-0.4, -0.2) is 17.7 Å². The predicted molar refractivity (Wildman–Crippen MR) is 83.5 cm³/mol. The number of rotatable bonds is 5. The molecule has 2 amide bonds. The lowest BCUT2D eigenvalue weighted by atomic mass is 9.95. The zero-order chi connectivity index (χ0) is 15.3. The molecular weight excluding hydrogens is 299 g/mol. The van der Waals surface area contributed by atoms with Gasteiger partial charge in [-0.15, -0.1) is 11.6 Å². The maximum Gasteiger partial charge on any atom is 0.231 e. The first-order chi connectivity index (χ1) is 9.30. The summed E-state index contributed by atoms with van der Waals surface area (Å²) in [4.78, 5) is 23.4. The van der Waals surface area contributed by atoms with Crippen molar-refractivity contribution >= 4 is 46.4 Å². The number of halogens is 2. The van der Waals surface area contributed by atoms with Gasteiger partial charge in [0.05, 0.1) is 16.1 Å². The summed E-state index contributed by atoms with van der Waals surface area (Å²) in [5, 5.41) is 5.84. The molecule has 0 heterocycles. The fourth-order valence-electron chi connectivity index (χ4n) is 1.30. The molecule has 0 saturated heterocycles. The highest BCUT2D eigenvalue weighted by molar-refractivity contribution is 6.34. The minimum atomic E-state index is -0.701. The normalized spacial score (nSPS) is 11.1. The number of alkyl halides is 1. The maximum absolute atomic E-state index is 12.1. The van der Waals surface area contributed by atoms with Gasteiger partial charge >= 0.3 is 0 Å². The molecule has 2 N–H and O–H groups in total. The Hall–Kier alpha value is -1.26. The Morgan fingerprint density at radius 2 is 1.90 bits per heavy atom. The lowest BCUT2D eigenvalue weighted by Crippen LogP contribution is -2.32.